The number of anilines is 2. The van der Waals surface area contributed by atoms with Crippen molar-refractivity contribution in [1.82, 2.24) is 0 Å². The Balaban J connectivity index is 1.95. The summed E-state index contributed by atoms with van der Waals surface area (Å²) in [5.74, 6) is 0.0640. The van der Waals surface area contributed by atoms with E-state index < -0.39 is 25.1 Å². The van der Waals surface area contributed by atoms with Crippen LogP contribution in [-0.4, -0.2) is 41.5 Å². The number of carbonyl (C=O) groups is 1. The first-order valence-corrected chi connectivity index (χ1v) is 12.5. The van der Waals surface area contributed by atoms with Gasteiger partial charge in [0, 0.05) is 12.2 Å². The predicted octanol–water partition coefficient (Wildman–Crippen LogP) is 3.51. The van der Waals surface area contributed by atoms with Crippen LogP contribution in [0.25, 0.3) is 0 Å². The Morgan fingerprint density at radius 1 is 1.17 bits per heavy atom. The number of nitrogens with one attached hydrogen (secondary N) is 1. The molecular formula is C19H21ClN2O6S2. The van der Waals surface area contributed by atoms with E-state index in [4.69, 9.17) is 16.3 Å². The van der Waals surface area contributed by atoms with Gasteiger partial charge in [-0.15, -0.1) is 0 Å². The minimum atomic E-state index is -4.42. The molecule has 2 aromatic carbocycles. The van der Waals surface area contributed by atoms with E-state index in [0.717, 1.165) is 9.87 Å². The highest BCUT2D eigenvalue weighted by atomic mass is 35.5. The van der Waals surface area contributed by atoms with Gasteiger partial charge in [0.2, 0.25) is 10.0 Å². The molecule has 1 fully saturated rings. The van der Waals surface area contributed by atoms with Crippen molar-refractivity contribution in [3.8, 4) is 5.75 Å². The van der Waals surface area contributed by atoms with Gasteiger partial charge in [0.25, 0.3) is 9.84 Å². The monoisotopic (exact) mass is 472 g/mol. The van der Waals surface area contributed by atoms with Crippen LogP contribution in [-0.2, 0) is 19.9 Å². The van der Waals surface area contributed by atoms with E-state index in [9.17, 15) is 21.6 Å². The average Bonchev–Trinajstić information content (AvgIpc) is 3.03. The maximum Gasteiger partial charge on any atom is 0.345 e. The Hall–Kier alpha value is -2.30. The summed E-state index contributed by atoms with van der Waals surface area (Å²) >= 11 is 6.14. The molecule has 0 aliphatic carbocycles. The number of hydrogen-bond acceptors (Lipinski definition) is 6. The van der Waals surface area contributed by atoms with Crippen molar-refractivity contribution in [2.45, 2.75) is 25.2 Å². The molecule has 1 saturated heterocycles. The molecular weight excluding hydrogens is 452 g/mol. The van der Waals surface area contributed by atoms with Crippen LogP contribution in [0, 0.1) is 13.8 Å². The lowest BCUT2D eigenvalue weighted by atomic mass is 10.1. The number of hydrogen-bond donors (Lipinski definition) is 1. The zero-order chi connectivity index (χ0) is 22.3. The Morgan fingerprint density at radius 3 is 2.43 bits per heavy atom. The number of nitrogens with zero attached hydrogens (tertiary/aromatic N) is 1. The van der Waals surface area contributed by atoms with E-state index in [1.807, 2.05) is 0 Å². The first-order valence-electron chi connectivity index (χ1n) is 8.98. The van der Waals surface area contributed by atoms with Crippen molar-refractivity contribution >= 4 is 48.1 Å². The molecule has 2 aromatic rings. The zero-order valence-electron chi connectivity index (χ0n) is 16.6. The second-order valence-electron chi connectivity index (χ2n) is 6.91. The molecule has 0 radical (unpaired) electrons. The molecule has 30 heavy (non-hydrogen) atoms. The van der Waals surface area contributed by atoms with E-state index in [-0.39, 0.29) is 39.3 Å². The van der Waals surface area contributed by atoms with Gasteiger partial charge in [0.1, 0.15) is 10.6 Å². The molecule has 0 unspecified atom stereocenters. The fraction of sp³-hybridized carbons (Fsp3) is 0.316. The van der Waals surface area contributed by atoms with Crippen LogP contribution >= 0.6 is 11.6 Å². The lowest BCUT2D eigenvalue weighted by Gasteiger charge is -2.19. The second kappa shape index (κ2) is 8.09. The van der Waals surface area contributed by atoms with Crippen LogP contribution in [0.4, 0.5) is 16.2 Å². The van der Waals surface area contributed by atoms with Crippen molar-refractivity contribution in [3.63, 3.8) is 0 Å². The number of ether oxygens (including phenoxy) is 1. The van der Waals surface area contributed by atoms with E-state index in [0.29, 0.717) is 12.0 Å². The van der Waals surface area contributed by atoms with Crippen molar-refractivity contribution in [3.05, 3.63) is 46.5 Å². The van der Waals surface area contributed by atoms with Gasteiger partial charge in [0.15, 0.2) is 0 Å². The number of sulfonamides is 1. The summed E-state index contributed by atoms with van der Waals surface area (Å²) in [7, 11) is -6.60. The van der Waals surface area contributed by atoms with E-state index in [1.54, 1.807) is 19.9 Å². The largest absolute Gasteiger partial charge is 0.495 e. The van der Waals surface area contributed by atoms with Gasteiger partial charge in [-0.3, -0.25) is 9.10 Å². The van der Waals surface area contributed by atoms with Crippen LogP contribution in [0.2, 0.25) is 5.02 Å². The van der Waals surface area contributed by atoms with Crippen molar-refractivity contribution < 1.29 is 26.4 Å². The van der Waals surface area contributed by atoms with Gasteiger partial charge in [-0.2, -0.15) is 0 Å². The summed E-state index contributed by atoms with van der Waals surface area (Å²) in [5.41, 5.74) is 1.80. The maximum absolute atomic E-state index is 12.9. The molecule has 1 N–H and O–H groups in total. The quantitative estimate of drug-likeness (QED) is 0.729. The second-order valence-corrected chi connectivity index (χ2v) is 11.1. The van der Waals surface area contributed by atoms with E-state index in [1.165, 1.54) is 31.4 Å². The molecule has 0 saturated carbocycles. The third kappa shape index (κ3) is 4.12. The summed E-state index contributed by atoms with van der Waals surface area (Å²) < 4.78 is 56.4. The highest BCUT2D eigenvalue weighted by molar-refractivity contribution is 8.06. The molecule has 1 aliphatic rings. The molecule has 0 bridgehead atoms. The smallest absolute Gasteiger partial charge is 0.345 e. The first-order chi connectivity index (χ1) is 14.0. The van der Waals surface area contributed by atoms with E-state index >= 15 is 0 Å². The van der Waals surface area contributed by atoms with E-state index in [2.05, 4.69) is 5.32 Å². The lowest BCUT2D eigenvalue weighted by Crippen LogP contribution is -2.26. The number of halogens is 1. The van der Waals surface area contributed by atoms with Crippen LogP contribution < -0.4 is 14.4 Å². The fourth-order valence-corrected chi connectivity index (χ4v) is 6.14. The standard InChI is InChI=1S/C19H21ClN2O6S2/c1-12-9-17(28-3)18(10-13(12)2)30(26,27)19(23)21-14-5-6-15(20)16(11-14)22-7-4-8-29(22,24)25/h5-6,9-11H,4,7-8H2,1-3H3,(H,21,23). The van der Waals surface area contributed by atoms with Gasteiger partial charge >= 0.3 is 5.24 Å². The summed E-state index contributed by atoms with van der Waals surface area (Å²) in [5, 5.41) is 1.24. The van der Waals surface area contributed by atoms with Crippen molar-refractivity contribution in [2.75, 3.05) is 29.0 Å². The molecule has 1 amide bonds. The lowest BCUT2D eigenvalue weighted by molar-refractivity contribution is 0.267. The van der Waals surface area contributed by atoms with Crippen LogP contribution in [0.3, 0.4) is 0 Å². The number of carbonyl (C=O) groups excluding carboxylic acids is 1. The first kappa shape index (κ1) is 22.4. The number of amides is 1. The Bertz CT molecular complexity index is 1230. The molecule has 8 nitrogen and oxygen atoms in total. The van der Waals surface area contributed by atoms with Crippen LogP contribution in [0.1, 0.15) is 17.5 Å². The summed E-state index contributed by atoms with van der Waals surface area (Å²) in [6.07, 6.45) is 0.455. The Kier molecular flexibility index (Phi) is 6.03. The number of benzene rings is 2. The Labute approximate surface area is 180 Å². The van der Waals surface area contributed by atoms with Gasteiger partial charge in [-0.1, -0.05) is 11.6 Å². The highest BCUT2D eigenvalue weighted by Gasteiger charge is 2.32. The molecule has 0 aromatic heterocycles. The maximum atomic E-state index is 12.9. The van der Waals surface area contributed by atoms with Crippen molar-refractivity contribution in [1.29, 1.82) is 0 Å². The SMILES string of the molecule is COc1cc(C)c(C)cc1S(=O)(=O)C(=O)Nc1ccc(Cl)c(N2CCCS2(=O)=O)c1. The molecule has 0 spiro atoms. The van der Waals surface area contributed by atoms with Crippen LogP contribution in [0.15, 0.2) is 35.2 Å². The number of methoxy groups -OCH3 is 1. The zero-order valence-corrected chi connectivity index (χ0v) is 19.0. The van der Waals surface area contributed by atoms with Gasteiger partial charge < -0.3 is 10.1 Å². The number of rotatable bonds is 4. The minimum Gasteiger partial charge on any atom is -0.495 e. The normalized spacial score (nSPS) is 15.8. The molecule has 3 rings (SSSR count). The van der Waals surface area contributed by atoms with Crippen molar-refractivity contribution in [2.24, 2.45) is 0 Å². The number of sulfone groups is 1. The third-order valence-electron chi connectivity index (χ3n) is 4.87. The average molecular weight is 473 g/mol. The van der Waals surface area contributed by atoms with Gasteiger partial charge in [-0.25, -0.2) is 16.8 Å². The predicted molar refractivity (Wildman–Crippen MR) is 116 cm³/mol. The van der Waals surface area contributed by atoms with Crippen LogP contribution in [0.5, 0.6) is 5.75 Å². The third-order valence-corrected chi connectivity index (χ3v) is 8.54. The molecule has 0 atom stereocenters. The molecule has 11 heteroatoms. The number of aryl methyl sites for hydroxylation is 2. The summed E-state index contributed by atoms with van der Waals surface area (Å²) in [6, 6.07) is 7.08. The minimum absolute atomic E-state index is 0.000858. The summed E-state index contributed by atoms with van der Waals surface area (Å²) in [4.78, 5) is 12.4. The van der Waals surface area contributed by atoms with Gasteiger partial charge in [-0.05, 0) is 61.7 Å². The highest BCUT2D eigenvalue weighted by Crippen LogP contribution is 2.34. The molecule has 1 heterocycles. The Morgan fingerprint density at radius 2 is 1.83 bits per heavy atom. The fourth-order valence-electron chi connectivity index (χ4n) is 3.11. The van der Waals surface area contributed by atoms with Gasteiger partial charge in [0.05, 0.1) is 23.6 Å². The topological polar surface area (TPSA) is 110 Å². The molecule has 1 aliphatic heterocycles. The summed E-state index contributed by atoms with van der Waals surface area (Å²) in [6.45, 7) is 3.79. The molecule has 162 valence electrons.